The van der Waals surface area contributed by atoms with Crippen LogP contribution in [0.3, 0.4) is 0 Å². The van der Waals surface area contributed by atoms with Gasteiger partial charge in [-0.1, -0.05) is 19.3 Å². The monoisotopic (exact) mass is 294 g/mol. The predicted octanol–water partition coefficient (Wildman–Crippen LogP) is 1.73. The summed E-state index contributed by atoms with van der Waals surface area (Å²) in [5.41, 5.74) is -1.23. The molecule has 2 aliphatic rings. The van der Waals surface area contributed by atoms with Crippen LogP contribution < -0.4 is 0 Å². The Bertz CT molecular complexity index is 516. The lowest BCUT2D eigenvalue weighted by Gasteiger charge is -2.33. The zero-order valence-corrected chi connectivity index (χ0v) is 12.4. The van der Waals surface area contributed by atoms with E-state index in [0.29, 0.717) is 31.8 Å². The van der Waals surface area contributed by atoms with Crippen molar-refractivity contribution in [3.63, 3.8) is 0 Å². The molecule has 2 fully saturated rings. The fraction of sp³-hybridized carbons (Fsp3) is 0.857. The molecular formula is C14H22N4O3. The summed E-state index contributed by atoms with van der Waals surface area (Å²) in [5.74, 6) is -0.0765. The fourth-order valence-electron chi connectivity index (χ4n) is 3.60. The molecule has 1 aliphatic heterocycles. The van der Waals surface area contributed by atoms with Gasteiger partial charge in [0.25, 0.3) is 0 Å². The van der Waals surface area contributed by atoms with Crippen LogP contribution in [0.1, 0.15) is 57.7 Å². The molecule has 1 aromatic heterocycles. The van der Waals surface area contributed by atoms with Crippen molar-refractivity contribution >= 4 is 5.97 Å². The second-order valence-electron chi connectivity index (χ2n) is 6.49. The maximum atomic E-state index is 11.8. The number of aromatic nitrogens is 4. The number of aliphatic carboxylic acids is 1. The lowest BCUT2D eigenvalue weighted by atomic mass is 9.74. The van der Waals surface area contributed by atoms with Crippen molar-refractivity contribution in [2.45, 2.75) is 64.0 Å². The van der Waals surface area contributed by atoms with Gasteiger partial charge < -0.3 is 9.84 Å². The maximum Gasteiger partial charge on any atom is 0.311 e. The van der Waals surface area contributed by atoms with E-state index in [0.717, 1.165) is 32.1 Å². The summed E-state index contributed by atoms with van der Waals surface area (Å²) in [4.78, 5) is 11.8. The van der Waals surface area contributed by atoms with Crippen LogP contribution in [0.25, 0.3) is 0 Å². The Morgan fingerprint density at radius 2 is 2.05 bits per heavy atom. The Morgan fingerprint density at radius 1 is 1.29 bits per heavy atom. The number of carbonyl (C=O) groups is 1. The van der Waals surface area contributed by atoms with E-state index in [4.69, 9.17) is 4.74 Å². The standard InChI is InChI=1S/C14H22N4O3/c1-13(6-5-9-21-13)11-15-16-17-18(11)10-14(12(19)20)7-3-2-4-8-14/h2-10H2,1H3,(H,19,20). The Labute approximate surface area is 123 Å². The summed E-state index contributed by atoms with van der Waals surface area (Å²) in [6, 6.07) is 0. The van der Waals surface area contributed by atoms with Gasteiger partial charge in [0.15, 0.2) is 5.82 Å². The molecule has 1 atom stereocenters. The zero-order chi connectivity index (χ0) is 14.9. The minimum atomic E-state index is -0.739. The second-order valence-corrected chi connectivity index (χ2v) is 6.49. The molecule has 1 saturated heterocycles. The number of rotatable bonds is 4. The largest absolute Gasteiger partial charge is 0.481 e. The SMILES string of the molecule is CC1(c2nnnn2CC2(C(=O)O)CCCCC2)CCCO1. The molecule has 1 unspecified atom stereocenters. The molecule has 7 nitrogen and oxygen atoms in total. The molecule has 0 spiro atoms. The fourth-order valence-corrected chi connectivity index (χ4v) is 3.60. The van der Waals surface area contributed by atoms with E-state index in [2.05, 4.69) is 15.5 Å². The normalized spacial score (nSPS) is 28.6. The molecule has 0 radical (unpaired) electrons. The van der Waals surface area contributed by atoms with Crippen molar-refractivity contribution in [2.24, 2.45) is 5.41 Å². The first-order chi connectivity index (χ1) is 10.1. The zero-order valence-electron chi connectivity index (χ0n) is 12.4. The van der Waals surface area contributed by atoms with E-state index in [1.807, 2.05) is 6.92 Å². The number of tetrazole rings is 1. The number of hydrogen-bond acceptors (Lipinski definition) is 5. The lowest BCUT2D eigenvalue weighted by Crippen LogP contribution is -2.39. The highest BCUT2D eigenvalue weighted by atomic mass is 16.5. The highest BCUT2D eigenvalue weighted by Crippen LogP contribution is 2.40. The quantitative estimate of drug-likeness (QED) is 0.909. The Kier molecular flexibility index (Phi) is 3.69. The second kappa shape index (κ2) is 5.36. The number of ether oxygens (including phenoxy) is 1. The number of carboxylic acid groups (broad SMARTS) is 1. The van der Waals surface area contributed by atoms with Crippen molar-refractivity contribution < 1.29 is 14.6 Å². The van der Waals surface area contributed by atoms with E-state index in [1.165, 1.54) is 0 Å². The van der Waals surface area contributed by atoms with Crippen LogP contribution in [0, 0.1) is 5.41 Å². The van der Waals surface area contributed by atoms with Crippen LogP contribution in [-0.2, 0) is 21.7 Å². The lowest BCUT2D eigenvalue weighted by molar-refractivity contribution is -0.152. The third kappa shape index (κ3) is 2.54. The van der Waals surface area contributed by atoms with Crippen molar-refractivity contribution in [3.05, 3.63) is 5.82 Å². The van der Waals surface area contributed by atoms with Gasteiger partial charge in [0, 0.05) is 6.61 Å². The van der Waals surface area contributed by atoms with Gasteiger partial charge in [-0.25, -0.2) is 4.68 Å². The molecule has 116 valence electrons. The predicted molar refractivity (Wildman–Crippen MR) is 73.5 cm³/mol. The molecule has 1 aliphatic carbocycles. The molecule has 1 aromatic rings. The molecule has 2 heterocycles. The van der Waals surface area contributed by atoms with E-state index in [9.17, 15) is 9.90 Å². The average molecular weight is 294 g/mol. The van der Waals surface area contributed by atoms with E-state index >= 15 is 0 Å². The van der Waals surface area contributed by atoms with Gasteiger partial charge in [-0.2, -0.15) is 0 Å². The summed E-state index contributed by atoms with van der Waals surface area (Å²) in [6.07, 6.45) is 6.26. The van der Waals surface area contributed by atoms with Gasteiger partial charge in [-0.05, 0) is 43.0 Å². The number of carboxylic acids is 1. The van der Waals surface area contributed by atoms with Gasteiger partial charge in [0.1, 0.15) is 5.60 Å². The van der Waals surface area contributed by atoms with Crippen molar-refractivity contribution in [1.82, 2.24) is 20.2 Å². The number of hydrogen-bond donors (Lipinski definition) is 1. The molecule has 1 N–H and O–H groups in total. The van der Waals surface area contributed by atoms with Crippen LogP contribution in [-0.4, -0.2) is 37.9 Å². The third-order valence-corrected chi connectivity index (χ3v) is 4.94. The van der Waals surface area contributed by atoms with Crippen LogP contribution in [0.5, 0.6) is 0 Å². The smallest absolute Gasteiger partial charge is 0.311 e. The minimum Gasteiger partial charge on any atom is -0.481 e. The third-order valence-electron chi connectivity index (χ3n) is 4.94. The van der Waals surface area contributed by atoms with Crippen LogP contribution in [0.4, 0.5) is 0 Å². The number of nitrogens with zero attached hydrogens (tertiary/aromatic N) is 4. The highest BCUT2D eigenvalue weighted by molar-refractivity contribution is 5.74. The molecule has 0 aromatic carbocycles. The molecule has 0 bridgehead atoms. The summed E-state index contributed by atoms with van der Waals surface area (Å²) >= 11 is 0. The molecular weight excluding hydrogens is 272 g/mol. The average Bonchev–Trinajstić information content (AvgIpc) is 3.09. The molecule has 0 amide bonds. The molecule has 3 rings (SSSR count). The first kappa shape index (κ1) is 14.4. The topological polar surface area (TPSA) is 90.1 Å². The molecule has 21 heavy (non-hydrogen) atoms. The Morgan fingerprint density at radius 3 is 2.67 bits per heavy atom. The van der Waals surface area contributed by atoms with Crippen molar-refractivity contribution in [1.29, 1.82) is 0 Å². The summed E-state index contributed by atoms with van der Waals surface area (Å²) in [5, 5.41) is 21.6. The first-order valence-electron chi connectivity index (χ1n) is 7.70. The summed E-state index contributed by atoms with van der Waals surface area (Å²) in [6.45, 7) is 3.02. The van der Waals surface area contributed by atoms with Crippen LogP contribution in [0.15, 0.2) is 0 Å². The van der Waals surface area contributed by atoms with Gasteiger partial charge in [-0.3, -0.25) is 4.79 Å². The maximum absolute atomic E-state index is 11.8. The van der Waals surface area contributed by atoms with Gasteiger partial charge in [-0.15, -0.1) is 5.10 Å². The summed E-state index contributed by atoms with van der Waals surface area (Å²) < 4.78 is 7.45. The van der Waals surface area contributed by atoms with Gasteiger partial charge >= 0.3 is 5.97 Å². The van der Waals surface area contributed by atoms with Crippen LogP contribution in [0.2, 0.25) is 0 Å². The highest BCUT2D eigenvalue weighted by Gasteiger charge is 2.43. The first-order valence-corrected chi connectivity index (χ1v) is 7.70. The van der Waals surface area contributed by atoms with Gasteiger partial charge in [0.2, 0.25) is 0 Å². The molecule has 7 heteroatoms. The Balaban J connectivity index is 1.87. The van der Waals surface area contributed by atoms with E-state index in [1.54, 1.807) is 4.68 Å². The van der Waals surface area contributed by atoms with Crippen LogP contribution >= 0.6 is 0 Å². The minimum absolute atomic E-state index is 0.337. The van der Waals surface area contributed by atoms with Crippen molar-refractivity contribution in [2.75, 3.05) is 6.61 Å². The van der Waals surface area contributed by atoms with Gasteiger partial charge in [0.05, 0.1) is 12.0 Å². The van der Waals surface area contributed by atoms with E-state index < -0.39 is 17.0 Å². The molecule has 1 saturated carbocycles. The summed E-state index contributed by atoms with van der Waals surface area (Å²) in [7, 11) is 0. The van der Waals surface area contributed by atoms with Crippen molar-refractivity contribution in [3.8, 4) is 0 Å². The Hall–Kier alpha value is -1.50. The van der Waals surface area contributed by atoms with E-state index in [-0.39, 0.29) is 0 Å².